The lowest BCUT2D eigenvalue weighted by atomic mass is 9.78. The molecule has 35 heavy (non-hydrogen) atoms. The standard InChI is InChI=1S/C30H29BClNO2/c1-29(2)30(3,4)35-31(34-29)24-19-23(20-25(32)21-24)22-15-17-28(18-16-22)33(26-11-7-5-8-12-26)27-13-9-6-10-14-27/h5-21H,1-4H3. The van der Waals surface area contributed by atoms with Crippen LogP contribution in [0.3, 0.4) is 0 Å². The van der Waals surface area contributed by atoms with Gasteiger partial charge in [0.2, 0.25) is 0 Å². The molecule has 4 aromatic carbocycles. The Hall–Kier alpha value is -3.05. The molecule has 0 radical (unpaired) electrons. The zero-order chi connectivity index (χ0) is 24.6. The van der Waals surface area contributed by atoms with E-state index in [1.165, 1.54) is 0 Å². The van der Waals surface area contributed by atoms with E-state index in [0.717, 1.165) is 33.7 Å². The summed E-state index contributed by atoms with van der Waals surface area (Å²) < 4.78 is 12.5. The Bertz CT molecular complexity index is 1250. The molecular weight excluding hydrogens is 453 g/mol. The third kappa shape index (κ3) is 4.75. The third-order valence-corrected chi connectivity index (χ3v) is 7.15. The van der Waals surface area contributed by atoms with Crippen molar-refractivity contribution in [3.8, 4) is 11.1 Å². The summed E-state index contributed by atoms with van der Waals surface area (Å²) in [5.41, 5.74) is 5.52. The zero-order valence-electron chi connectivity index (χ0n) is 20.5. The van der Waals surface area contributed by atoms with E-state index < -0.39 is 18.3 Å². The smallest absolute Gasteiger partial charge is 0.399 e. The van der Waals surface area contributed by atoms with E-state index in [2.05, 4.69) is 111 Å². The van der Waals surface area contributed by atoms with Gasteiger partial charge in [0.05, 0.1) is 11.2 Å². The van der Waals surface area contributed by atoms with E-state index in [-0.39, 0.29) is 0 Å². The predicted octanol–water partition coefficient (Wildman–Crippen LogP) is 7.78. The summed E-state index contributed by atoms with van der Waals surface area (Å²) in [7, 11) is -0.455. The lowest BCUT2D eigenvalue weighted by Gasteiger charge is -2.32. The summed E-state index contributed by atoms with van der Waals surface area (Å²) in [6, 6.07) is 35.3. The molecule has 1 heterocycles. The maximum Gasteiger partial charge on any atom is 0.494 e. The fourth-order valence-electron chi connectivity index (χ4n) is 4.30. The summed E-state index contributed by atoms with van der Waals surface area (Å²) in [4.78, 5) is 2.25. The molecule has 0 unspecified atom stereocenters. The van der Waals surface area contributed by atoms with Gasteiger partial charge in [-0.25, -0.2) is 0 Å². The molecule has 0 bridgehead atoms. The van der Waals surface area contributed by atoms with Crippen molar-refractivity contribution in [1.82, 2.24) is 0 Å². The van der Waals surface area contributed by atoms with Crippen LogP contribution in [0.25, 0.3) is 11.1 Å². The normalized spacial score (nSPS) is 16.3. The average molecular weight is 482 g/mol. The van der Waals surface area contributed by atoms with Gasteiger partial charge in [0.25, 0.3) is 0 Å². The molecule has 3 nitrogen and oxygen atoms in total. The van der Waals surface area contributed by atoms with Crippen LogP contribution in [0.15, 0.2) is 103 Å². The number of hydrogen-bond donors (Lipinski definition) is 0. The maximum absolute atomic E-state index is 6.54. The van der Waals surface area contributed by atoms with Gasteiger partial charge >= 0.3 is 7.12 Å². The molecule has 4 aromatic rings. The fraction of sp³-hybridized carbons (Fsp3) is 0.200. The van der Waals surface area contributed by atoms with Crippen molar-refractivity contribution in [3.63, 3.8) is 0 Å². The lowest BCUT2D eigenvalue weighted by molar-refractivity contribution is 0.00578. The molecule has 1 aliphatic rings. The van der Waals surface area contributed by atoms with Crippen LogP contribution >= 0.6 is 11.6 Å². The van der Waals surface area contributed by atoms with Crippen molar-refractivity contribution in [1.29, 1.82) is 0 Å². The highest BCUT2D eigenvalue weighted by Gasteiger charge is 2.51. The summed E-state index contributed by atoms with van der Waals surface area (Å²) in [6.45, 7) is 8.23. The molecule has 176 valence electrons. The molecule has 5 heteroatoms. The number of hydrogen-bond acceptors (Lipinski definition) is 3. The Morgan fingerprint density at radius 2 is 1.09 bits per heavy atom. The van der Waals surface area contributed by atoms with Crippen molar-refractivity contribution in [3.05, 3.63) is 108 Å². The van der Waals surface area contributed by atoms with E-state index >= 15 is 0 Å². The van der Waals surface area contributed by atoms with E-state index in [4.69, 9.17) is 20.9 Å². The van der Waals surface area contributed by atoms with Gasteiger partial charge in [-0.1, -0.05) is 66.2 Å². The van der Waals surface area contributed by atoms with E-state index in [1.807, 2.05) is 24.3 Å². The zero-order valence-corrected chi connectivity index (χ0v) is 21.3. The van der Waals surface area contributed by atoms with E-state index in [9.17, 15) is 0 Å². The molecule has 0 spiro atoms. The SMILES string of the molecule is CC1(C)OB(c2cc(Cl)cc(-c3ccc(N(c4ccccc4)c4ccccc4)cc3)c2)OC1(C)C. The number of nitrogens with zero attached hydrogens (tertiary/aromatic N) is 1. The Kier molecular flexibility index (Phi) is 6.22. The highest BCUT2D eigenvalue weighted by Crippen LogP contribution is 2.38. The van der Waals surface area contributed by atoms with Crippen molar-refractivity contribution in [2.45, 2.75) is 38.9 Å². The fourth-order valence-corrected chi connectivity index (χ4v) is 4.54. The van der Waals surface area contributed by atoms with Gasteiger partial charge in [0.1, 0.15) is 0 Å². The molecule has 0 amide bonds. The van der Waals surface area contributed by atoms with Gasteiger partial charge in [0, 0.05) is 22.1 Å². The number of rotatable bonds is 5. The second-order valence-corrected chi connectivity index (χ2v) is 10.4. The molecule has 1 saturated heterocycles. The van der Waals surface area contributed by atoms with Crippen molar-refractivity contribution in [2.24, 2.45) is 0 Å². The molecule has 1 aliphatic heterocycles. The monoisotopic (exact) mass is 481 g/mol. The van der Waals surface area contributed by atoms with Crippen LogP contribution in [0, 0.1) is 0 Å². The molecular formula is C30H29BClNO2. The molecule has 1 fully saturated rings. The van der Waals surface area contributed by atoms with Crippen LogP contribution in [0.5, 0.6) is 0 Å². The molecule has 0 aliphatic carbocycles. The number of halogens is 1. The van der Waals surface area contributed by atoms with Gasteiger partial charge in [-0.2, -0.15) is 0 Å². The van der Waals surface area contributed by atoms with Crippen LogP contribution in [0.4, 0.5) is 17.1 Å². The van der Waals surface area contributed by atoms with Crippen LogP contribution < -0.4 is 10.4 Å². The van der Waals surface area contributed by atoms with Crippen LogP contribution in [0.2, 0.25) is 5.02 Å². The topological polar surface area (TPSA) is 21.7 Å². The Morgan fingerprint density at radius 3 is 1.60 bits per heavy atom. The minimum atomic E-state index is -0.455. The predicted molar refractivity (Wildman–Crippen MR) is 147 cm³/mol. The number of para-hydroxylation sites is 2. The van der Waals surface area contributed by atoms with Gasteiger partial charge < -0.3 is 14.2 Å². The summed E-state index contributed by atoms with van der Waals surface area (Å²) in [5.74, 6) is 0. The highest BCUT2D eigenvalue weighted by molar-refractivity contribution is 6.62. The average Bonchev–Trinajstić information content (AvgIpc) is 3.07. The van der Waals surface area contributed by atoms with Crippen molar-refractivity contribution >= 4 is 41.2 Å². The third-order valence-electron chi connectivity index (χ3n) is 6.93. The summed E-state index contributed by atoms with van der Waals surface area (Å²) >= 11 is 6.54. The summed E-state index contributed by atoms with van der Waals surface area (Å²) in [5, 5.41) is 0.659. The number of anilines is 3. The minimum absolute atomic E-state index is 0.403. The van der Waals surface area contributed by atoms with Crippen LogP contribution in [-0.2, 0) is 9.31 Å². The largest absolute Gasteiger partial charge is 0.494 e. The molecule has 0 N–H and O–H groups in total. The Labute approximate surface area is 213 Å². The molecule has 0 saturated carbocycles. The van der Waals surface area contributed by atoms with Crippen LogP contribution in [0.1, 0.15) is 27.7 Å². The molecule has 5 rings (SSSR count). The first kappa shape index (κ1) is 23.7. The van der Waals surface area contributed by atoms with Gasteiger partial charge in [-0.15, -0.1) is 0 Å². The van der Waals surface area contributed by atoms with Crippen LogP contribution in [-0.4, -0.2) is 18.3 Å². The second-order valence-electron chi connectivity index (χ2n) is 9.91. The van der Waals surface area contributed by atoms with E-state index in [0.29, 0.717) is 5.02 Å². The highest BCUT2D eigenvalue weighted by atomic mass is 35.5. The van der Waals surface area contributed by atoms with Crippen molar-refractivity contribution in [2.75, 3.05) is 4.90 Å². The Balaban J connectivity index is 1.48. The maximum atomic E-state index is 6.54. The first-order valence-corrected chi connectivity index (χ1v) is 12.3. The first-order valence-electron chi connectivity index (χ1n) is 11.9. The number of benzene rings is 4. The Morgan fingerprint density at radius 1 is 0.600 bits per heavy atom. The van der Waals surface area contributed by atoms with Gasteiger partial charge in [0.15, 0.2) is 0 Å². The second kappa shape index (κ2) is 9.20. The molecule has 0 atom stereocenters. The molecule has 0 aromatic heterocycles. The van der Waals surface area contributed by atoms with Gasteiger partial charge in [-0.05, 0) is 92.8 Å². The quantitative estimate of drug-likeness (QED) is 0.272. The van der Waals surface area contributed by atoms with Crippen molar-refractivity contribution < 1.29 is 9.31 Å². The lowest BCUT2D eigenvalue weighted by Crippen LogP contribution is -2.41. The summed E-state index contributed by atoms with van der Waals surface area (Å²) in [6.07, 6.45) is 0. The first-order chi connectivity index (χ1) is 16.7. The van der Waals surface area contributed by atoms with E-state index in [1.54, 1.807) is 0 Å². The van der Waals surface area contributed by atoms with Gasteiger partial charge in [-0.3, -0.25) is 0 Å². The minimum Gasteiger partial charge on any atom is -0.399 e.